The third-order valence-electron chi connectivity index (χ3n) is 12.6. The predicted molar refractivity (Wildman–Crippen MR) is 243 cm³/mol. The number of furan rings is 1. The zero-order chi connectivity index (χ0) is 38.5. The van der Waals surface area contributed by atoms with Crippen molar-refractivity contribution in [2.75, 3.05) is 4.90 Å². The van der Waals surface area contributed by atoms with Crippen LogP contribution < -0.4 is 4.90 Å². The number of aromatic nitrogens is 1. The Bertz CT molecular complexity index is 3370. The Kier molecular flexibility index (Phi) is 6.98. The van der Waals surface area contributed by atoms with Gasteiger partial charge < -0.3 is 13.9 Å². The van der Waals surface area contributed by atoms with Crippen LogP contribution in [0.15, 0.2) is 199 Å². The molecule has 3 heteroatoms. The molecule has 0 bridgehead atoms. The van der Waals surface area contributed by atoms with E-state index < -0.39 is 0 Å². The molecule has 0 saturated heterocycles. The zero-order valence-corrected chi connectivity index (χ0v) is 32.3. The first-order chi connectivity index (χ1) is 28.5. The van der Waals surface area contributed by atoms with E-state index in [1.54, 1.807) is 0 Å². The van der Waals surface area contributed by atoms with Crippen molar-refractivity contribution in [3.63, 3.8) is 0 Å². The fraction of sp³-hybridized carbons (Fsp3) is 0.0545. The summed E-state index contributed by atoms with van der Waals surface area (Å²) in [4.78, 5) is 2.37. The van der Waals surface area contributed by atoms with Gasteiger partial charge in [0.1, 0.15) is 5.58 Å². The number of anilines is 3. The van der Waals surface area contributed by atoms with Crippen molar-refractivity contribution >= 4 is 71.6 Å². The van der Waals surface area contributed by atoms with Gasteiger partial charge in [-0.25, -0.2) is 0 Å². The van der Waals surface area contributed by atoms with Gasteiger partial charge in [0.05, 0.1) is 16.7 Å². The van der Waals surface area contributed by atoms with Crippen molar-refractivity contribution < 1.29 is 4.42 Å². The zero-order valence-electron chi connectivity index (χ0n) is 32.3. The first kappa shape index (κ1) is 32.8. The van der Waals surface area contributed by atoms with Gasteiger partial charge in [-0.3, -0.25) is 0 Å². The van der Waals surface area contributed by atoms with Gasteiger partial charge in [-0.05, 0) is 99.3 Å². The lowest BCUT2D eigenvalue weighted by molar-refractivity contribution is 0.660. The molecule has 0 radical (unpaired) electrons. The highest BCUT2D eigenvalue weighted by molar-refractivity contribution is 6.20. The Labute approximate surface area is 336 Å². The summed E-state index contributed by atoms with van der Waals surface area (Å²) in [6, 6.07) is 70.4. The van der Waals surface area contributed by atoms with Crippen LogP contribution in [0.2, 0.25) is 0 Å². The van der Waals surface area contributed by atoms with Crippen molar-refractivity contribution in [1.82, 2.24) is 4.57 Å². The van der Waals surface area contributed by atoms with Crippen LogP contribution in [0.25, 0.3) is 82.5 Å². The summed E-state index contributed by atoms with van der Waals surface area (Å²) in [7, 11) is 0. The largest absolute Gasteiger partial charge is 0.453 e. The van der Waals surface area contributed by atoms with E-state index in [0.29, 0.717) is 0 Å². The van der Waals surface area contributed by atoms with Crippen molar-refractivity contribution in [3.8, 4) is 27.9 Å². The molecule has 1 aliphatic carbocycles. The molecule has 12 rings (SSSR count). The molecule has 0 atom stereocenters. The Morgan fingerprint density at radius 1 is 0.448 bits per heavy atom. The normalized spacial score (nSPS) is 13.1. The second-order valence-corrected chi connectivity index (χ2v) is 16.1. The number of benzene rings is 9. The van der Waals surface area contributed by atoms with Crippen molar-refractivity contribution in [1.29, 1.82) is 0 Å². The molecule has 0 amide bonds. The number of rotatable bonds is 5. The molecule has 0 saturated carbocycles. The maximum Gasteiger partial charge on any atom is 0.159 e. The Morgan fingerprint density at radius 2 is 1.09 bits per heavy atom. The minimum absolute atomic E-state index is 0.123. The first-order valence-electron chi connectivity index (χ1n) is 20.1. The van der Waals surface area contributed by atoms with Gasteiger partial charge in [0.2, 0.25) is 0 Å². The van der Waals surface area contributed by atoms with Crippen LogP contribution in [0.4, 0.5) is 17.1 Å². The minimum atomic E-state index is -0.123. The van der Waals surface area contributed by atoms with Gasteiger partial charge in [-0.15, -0.1) is 0 Å². The number of nitrogens with zero attached hydrogens (tertiary/aromatic N) is 2. The highest BCUT2D eigenvalue weighted by Gasteiger charge is 2.36. The quantitative estimate of drug-likeness (QED) is 0.175. The Hall–Kier alpha value is -7.36. The molecule has 11 aromatic rings. The summed E-state index contributed by atoms with van der Waals surface area (Å²) in [5.41, 5.74) is 15.9. The molecule has 274 valence electrons. The molecule has 2 aromatic heterocycles. The molecule has 58 heavy (non-hydrogen) atoms. The molecule has 0 N–H and O–H groups in total. The van der Waals surface area contributed by atoms with E-state index in [1.807, 2.05) is 0 Å². The van der Waals surface area contributed by atoms with Crippen LogP contribution in [0.1, 0.15) is 25.0 Å². The molecule has 0 unspecified atom stereocenters. The fourth-order valence-electron chi connectivity index (χ4n) is 9.86. The average Bonchev–Trinajstić information content (AvgIpc) is 3.89. The maximum absolute atomic E-state index is 7.26. The van der Waals surface area contributed by atoms with Gasteiger partial charge in [0.25, 0.3) is 0 Å². The first-order valence-corrected chi connectivity index (χ1v) is 20.1. The lowest BCUT2D eigenvalue weighted by atomic mass is 9.82. The Balaban J connectivity index is 1.06. The van der Waals surface area contributed by atoms with Crippen LogP contribution in [0.3, 0.4) is 0 Å². The fourth-order valence-corrected chi connectivity index (χ4v) is 9.86. The average molecular weight is 743 g/mol. The summed E-state index contributed by atoms with van der Waals surface area (Å²) in [6.07, 6.45) is 0. The van der Waals surface area contributed by atoms with E-state index in [4.69, 9.17) is 4.42 Å². The molecular weight excluding hydrogens is 705 g/mol. The van der Waals surface area contributed by atoms with Crippen LogP contribution in [-0.2, 0) is 5.41 Å². The van der Waals surface area contributed by atoms with Gasteiger partial charge in [0.15, 0.2) is 5.58 Å². The van der Waals surface area contributed by atoms with E-state index in [9.17, 15) is 0 Å². The van der Waals surface area contributed by atoms with Crippen LogP contribution in [-0.4, -0.2) is 4.57 Å². The number of para-hydroxylation sites is 4. The second kappa shape index (κ2) is 12.3. The van der Waals surface area contributed by atoms with Crippen LogP contribution in [0, 0.1) is 0 Å². The topological polar surface area (TPSA) is 21.3 Å². The molecule has 0 spiro atoms. The van der Waals surface area contributed by atoms with E-state index in [-0.39, 0.29) is 5.41 Å². The predicted octanol–water partition coefficient (Wildman–Crippen LogP) is 15.3. The molecule has 0 aliphatic heterocycles. The van der Waals surface area contributed by atoms with Gasteiger partial charge >= 0.3 is 0 Å². The second-order valence-electron chi connectivity index (χ2n) is 16.1. The molecule has 3 nitrogen and oxygen atoms in total. The van der Waals surface area contributed by atoms with E-state index in [2.05, 4.69) is 217 Å². The molecular formula is C55H38N2O. The SMILES string of the molecule is CC1(C)c2ccccc2-c2ccc(N(c3ccccc3)c3cccc4c3oc3c(-c5ccc(-n6c7ccccc7c7ccccc76)cc5)c5ccccc5cc34)cc21. The monoisotopic (exact) mass is 742 g/mol. The molecule has 2 heterocycles. The van der Waals surface area contributed by atoms with Gasteiger partial charge in [-0.2, -0.15) is 0 Å². The van der Waals surface area contributed by atoms with E-state index >= 15 is 0 Å². The third kappa shape index (κ3) is 4.68. The summed E-state index contributed by atoms with van der Waals surface area (Å²) >= 11 is 0. The van der Waals surface area contributed by atoms with Crippen molar-refractivity contribution in [2.45, 2.75) is 19.3 Å². The van der Waals surface area contributed by atoms with Crippen LogP contribution >= 0.6 is 0 Å². The lowest BCUT2D eigenvalue weighted by Gasteiger charge is -2.28. The number of fused-ring (bicyclic) bond motifs is 10. The number of hydrogen-bond acceptors (Lipinski definition) is 2. The molecule has 0 fully saturated rings. The van der Waals surface area contributed by atoms with Gasteiger partial charge in [-0.1, -0.05) is 147 Å². The highest BCUT2D eigenvalue weighted by Crippen LogP contribution is 2.52. The van der Waals surface area contributed by atoms with Crippen LogP contribution in [0.5, 0.6) is 0 Å². The standard InChI is InChI=1S/C55H38N2O/c1-55(2)47-23-11-8-19-41(47)42-32-31-39(34-48(42)55)56(37-16-4-3-5-17-37)51-26-14-22-45-46-33-36-15-6-7-18-40(36)52(54(46)58-53(45)51)35-27-29-38(30-28-35)57-49-24-12-9-20-43(49)44-21-10-13-25-50(44)57/h3-34H,1-2H3. The summed E-state index contributed by atoms with van der Waals surface area (Å²) in [6.45, 7) is 4.69. The Morgan fingerprint density at radius 3 is 1.86 bits per heavy atom. The van der Waals surface area contributed by atoms with E-state index in [0.717, 1.165) is 55.8 Å². The highest BCUT2D eigenvalue weighted by atomic mass is 16.3. The third-order valence-corrected chi connectivity index (χ3v) is 12.6. The molecule has 9 aromatic carbocycles. The van der Waals surface area contributed by atoms with E-state index in [1.165, 1.54) is 54.8 Å². The van der Waals surface area contributed by atoms with Crippen molar-refractivity contribution in [3.05, 3.63) is 205 Å². The molecule has 1 aliphatic rings. The minimum Gasteiger partial charge on any atom is -0.453 e. The smallest absolute Gasteiger partial charge is 0.159 e. The van der Waals surface area contributed by atoms with Gasteiger partial charge in [0, 0.05) is 49.6 Å². The summed E-state index contributed by atoms with van der Waals surface area (Å²) in [5.74, 6) is 0. The van der Waals surface area contributed by atoms with Crippen molar-refractivity contribution in [2.24, 2.45) is 0 Å². The number of hydrogen-bond donors (Lipinski definition) is 0. The summed E-state index contributed by atoms with van der Waals surface area (Å²) < 4.78 is 9.63. The lowest BCUT2D eigenvalue weighted by Crippen LogP contribution is -2.16. The maximum atomic E-state index is 7.26. The summed E-state index contributed by atoms with van der Waals surface area (Å²) in [5, 5.41) is 7.07.